The van der Waals surface area contributed by atoms with E-state index in [1.54, 1.807) is 31.4 Å². The van der Waals surface area contributed by atoms with Gasteiger partial charge in [0.15, 0.2) is 0 Å². The first-order valence-corrected chi connectivity index (χ1v) is 9.41. The molecule has 25 heavy (non-hydrogen) atoms. The van der Waals surface area contributed by atoms with E-state index in [9.17, 15) is 9.59 Å². The van der Waals surface area contributed by atoms with E-state index in [4.69, 9.17) is 4.74 Å². The van der Waals surface area contributed by atoms with Crippen LogP contribution in [0.5, 0.6) is 5.75 Å². The van der Waals surface area contributed by atoms with E-state index in [2.05, 4.69) is 5.32 Å². The second kappa shape index (κ2) is 8.37. The summed E-state index contributed by atoms with van der Waals surface area (Å²) in [6.07, 6.45) is 7.62. The number of methoxy groups -OCH3 is 1. The van der Waals surface area contributed by atoms with Crippen LogP contribution in [0.15, 0.2) is 24.3 Å². The van der Waals surface area contributed by atoms with Gasteiger partial charge < -0.3 is 15.0 Å². The summed E-state index contributed by atoms with van der Waals surface area (Å²) in [5.41, 5.74) is 0.647. The summed E-state index contributed by atoms with van der Waals surface area (Å²) >= 11 is 0. The Morgan fingerprint density at radius 1 is 1.04 bits per heavy atom. The molecule has 1 aromatic rings. The van der Waals surface area contributed by atoms with Crippen molar-refractivity contribution in [2.24, 2.45) is 5.92 Å². The van der Waals surface area contributed by atoms with E-state index in [0.717, 1.165) is 38.0 Å². The molecule has 136 valence electrons. The maximum Gasteiger partial charge on any atom is 0.253 e. The van der Waals surface area contributed by atoms with Crippen LogP contribution in [0.25, 0.3) is 0 Å². The van der Waals surface area contributed by atoms with Crippen molar-refractivity contribution in [2.45, 2.75) is 51.0 Å². The zero-order chi connectivity index (χ0) is 17.6. The first-order valence-electron chi connectivity index (χ1n) is 9.41. The van der Waals surface area contributed by atoms with Crippen molar-refractivity contribution in [2.75, 3.05) is 20.2 Å². The lowest BCUT2D eigenvalue weighted by Gasteiger charge is -2.33. The normalized spacial score (nSPS) is 21.6. The van der Waals surface area contributed by atoms with Gasteiger partial charge in [-0.15, -0.1) is 0 Å². The molecule has 2 amide bonds. The van der Waals surface area contributed by atoms with E-state index >= 15 is 0 Å². The minimum Gasteiger partial charge on any atom is -0.497 e. The van der Waals surface area contributed by atoms with Crippen LogP contribution in [0.2, 0.25) is 0 Å². The number of likely N-dealkylation sites (tertiary alicyclic amines) is 1. The molecular formula is C20H28N2O3. The van der Waals surface area contributed by atoms with Crippen molar-refractivity contribution in [3.8, 4) is 5.75 Å². The fourth-order valence-corrected chi connectivity index (χ4v) is 3.86. The Hall–Kier alpha value is -2.04. The molecule has 1 aliphatic carbocycles. The van der Waals surface area contributed by atoms with Crippen molar-refractivity contribution in [3.63, 3.8) is 0 Å². The van der Waals surface area contributed by atoms with Crippen molar-refractivity contribution < 1.29 is 14.3 Å². The predicted octanol–water partition coefficient (Wildman–Crippen LogP) is 3.00. The summed E-state index contributed by atoms with van der Waals surface area (Å²) in [5.74, 6) is 0.773. The van der Waals surface area contributed by atoms with Gasteiger partial charge in [-0.3, -0.25) is 9.59 Å². The number of hydrogen-bond donors (Lipinski definition) is 1. The third kappa shape index (κ3) is 4.53. The standard InChI is InChI=1S/C20H28N2O3/c1-25-18-11-9-15(10-12-18)20(24)22-13-5-6-16(14-22)19(23)21-17-7-3-2-4-8-17/h9-12,16-17H,2-8,13-14H2,1H3,(H,21,23). The fraction of sp³-hybridized carbons (Fsp3) is 0.600. The number of benzene rings is 1. The molecule has 1 saturated heterocycles. The van der Waals surface area contributed by atoms with Crippen LogP contribution in [0, 0.1) is 5.92 Å². The molecule has 3 rings (SSSR count). The Morgan fingerprint density at radius 3 is 2.44 bits per heavy atom. The van der Waals surface area contributed by atoms with Gasteiger partial charge in [0.1, 0.15) is 5.75 Å². The molecule has 1 aromatic carbocycles. The Labute approximate surface area is 149 Å². The highest BCUT2D eigenvalue weighted by molar-refractivity contribution is 5.94. The topological polar surface area (TPSA) is 58.6 Å². The molecule has 1 N–H and O–H groups in total. The molecule has 5 heteroatoms. The van der Waals surface area contributed by atoms with Crippen LogP contribution in [-0.2, 0) is 4.79 Å². The molecule has 1 aliphatic heterocycles. The van der Waals surface area contributed by atoms with Gasteiger partial charge >= 0.3 is 0 Å². The van der Waals surface area contributed by atoms with Crippen LogP contribution < -0.4 is 10.1 Å². The van der Waals surface area contributed by atoms with E-state index < -0.39 is 0 Å². The summed E-state index contributed by atoms with van der Waals surface area (Å²) in [5, 5.41) is 3.21. The number of amides is 2. The van der Waals surface area contributed by atoms with Gasteiger partial charge in [-0.05, 0) is 49.9 Å². The number of hydrogen-bond acceptors (Lipinski definition) is 3. The zero-order valence-corrected chi connectivity index (χ0v) is 15.0. The zero-order valence-electron chi connectivity index (χ0n) is 15.0. The predicted molar refractivity (Wildman–Crippen MR) is 96.6 cm³/mol. The summed E-state index contributed by atoms with van der Waals surface area (Å²) < 4.78 is 5.14. The van der Waals surface area contributed by atoms with Gasteiger partial charge in [-0.25, -0.2) is 0 Å². The number of nitrogens with one attached hydrogen (secondary N) is 1. The Balaban J connectivity index is 1.57. The lowest BCUT2D eigenvalue weighted by atomic mass is 9.93. The quantitative estimate of drug-likeness (QED) is 0.913. The maximum atomic E-state index is 12.7. The van der Waals surface area contributed by atoms with Gasteiger partial charge in [0.25, 0.3) is 5.91 Å². The average molecular weight is 344 g/mol. The van der Waals surface area contributed by atoms with Gasteiger partial charge in [0, 0.05) is 24.7 Å². The first kappa shape index (κ1) is 17.8. The lowest BCUT2D eigenvalue weighted by molar-refractivity contribution is -0.127. The lowest BCUT2D eigenvalue weighted by Crippen LogP contribution is -2.47. The summed E-state index contributed by atoms with van der Waals surface area (Å²) in [7, 11) is 1.61. The molecule has 1 atom stereocenters. The second-order valence-corrected chi connectivity index (χ2v) is 7.16. The van der Waals surface area contributed by atoms with Gasteiger partial charge in [-0.1, -0.05) is 19.3 Å². The van der Waals surface area contributed by atoms with Gasteiger partial charge in [0.05, 0.1) is 13.0 Å². The Morgan fingerprint density at radius 2 is 1.76 bits per heavy atom. The van der Waals surface area contributed by atoms with Crippen molar-refractivity contribution in [1.82, 2.24) is 10.2 Å². The first-order chi connectivity index (χ1) is 12.2. The smallest absolute Gasteiger partial charge is 0.253 e. The second-order valence-electron chi connectivity index (χ2n) is 7.16. The van der Waals surface area contributed by atoms with Gasteiger partial charge in [-0.2, -0.15) is 0 Å². The molecule has 0 aromatic heterocycles. The molecule has 0 bridgehead atoms. The van der Waals surface area contributed by atoms with Gasteiger partial charge in [0.2, 0.25) is 5.91 Å². The molecule has 1 unspecified atom stereocenters. The minimum atomic E-state index is -0.0853. The number of nitrogens with zero attached hydrogens (tertiary/aromatic N) is 1. The highest BCUT2D eigenvalue weighted by Gasteiger charge is 2.30. The third-order valence-electron chi connectivity index (χ3n) is 5.37. The molecule has 5 nitrogen and oxygen atoms in total. The maximum absolute atomic E-state index is 12.7. The Bertz CT molecular complexity index is 593. The molecular weight excluding hydrogens is 316 g/mol. The monoisotopic (exact) mass is 344 g/mol. The van der Waals surface area contributed by atoms with Crippen LogP contribution in [-0.4, -0.2) is 43.0 Å². The molecule has 0 radical (unpaired) electrons. The summed E-state index contributed by atoms with van der Waals surface area (Å²) in [6.45, 7) is 1.24. The van der Waals surface area contributed by atoms with Crippen LogP contribution in [0.3, 0.4) is 0 Å². The fourth-order valence-electron chi connectivity index (χ4n) is 3.86. The van der Waals surface area contributed by atoms with Crippen LogP contribution in [0.1, 0.15) is 55.3 Å². The third-order valence-corrected chi connectivity index (χ3v) is 5.37. The number of rotatable bonds is 4. The minimum absolute atomic E-state index is 0.00202. The number of piperidine rings is 1. The van der Waals surface area contributed by atoms with Crippen molar-refractivity contribution in [1.29, 1.82) is 0 Å². The summed E-state index contributed by atoms with van der Waals surface area (Å²) in [6, 6.07) is 7.49. The molecule has 1 saturated carbocycles. The molecule has 0 spiro atoms. The average Bonchev–Trinajstić information content (AvgIpc) is 2.68. The van der Waals surface area contributed by atoms with Crippen molar-refractivity contribution in [3.05, 3.63) is 29.8 Å². The number of carbonyl (C=O) groups excluding carboxylic acids is 2. The largest absolute Gasteiger partial charge is 0.497 e. The number of ether oxygens (including phenoxy) is 1. The molecule has 2 fully saturated rings. The molecule has 2 aliphatic rings. The SMILES string of the molecule is COc1ccc(C(=O)N2CCCC(C(=O)NC3CCCCC3)C2)cc1. The van der Waals surface area contributed by atoms with Crippen molar-refractivity contribution >= 4 is 11.8 Å². The number of carbonyl (C=O) groups is 2. The van der Waals surface area contributed by atoms with E-state index in [1.807, 2.05) is 4.90 Å². The Kier molecular flexibility index (Phi) is 5.95. The highest BCUT2D eigenvalue weighted by atomic mass is 16.5. The molecule has 1 heterocycles. The summed E-state index contributed by atoms with van der Waals surface area (Å²) in [4.78, 5) is 27.1. The van der Waals surface area contributed by atoms with E-state index in [-0.39, 0.29) is 17.7 Å². The highest BCUT2D eigenvalue weighted by Crippen LogP contribution is 2.22. The van der Waals surface area contributed by atoms with E-state index in [0.29, 0.717) is 18.2 Å². The van der Waals surface area contributed by atoms with Crippen LogP contribution >= 0.6 is 0 Å². The van der Waals surface area contributed by atoms with Crippen LogP contribution in [0.4, 0.5) is 0 Å². The van der Waals surface area contributed by atoms with E-state index in [1.165, 1.54) is 19.3 Å².